The lowest BCUT2D eigenvalue weighted by atomic mass is 10.1. The van der Waals surface area contributed by atoms with Gasteiger partial charge in [0.15, 0.2) is 0 Å². The maximum Gasteiger partial charge on any atom is 0.105 e. The lowest BCUT2D eigenvalue weighted by Gasteiger charge is -2.09. The van der Waals surface area contributed by atoms with E-state index in [9.17, 15) is 0 Å². The molecule has 0 bridgehead atoms. The van der Waals surface area contributed by atoms with Crippen LogP contribution in [0.3, 0.4) is 0 Å². The Morgan fingerprint density at radius 3 is 2.55 bits per heavy atom. The molecule has 106 valence electrons. The van der Waals surface area contributed by atoms with Crippen LogP contribution in [0.5, 0.6) is 0 Å². The summed E-state index contributed by atoms with van der Waals surface area (Å²) in [6.07, 6.45) is 2.78. The zero-order valence-electron chi connectivity index (χ0n) is 12.5. The lowest BCUT2D eigenvalue weighted by molar-refractivity contribution is 0.733. The van der Waals surface area contributed by atoms with Gasteiger partial charge in [-0.15, -0.1) is 0 Å². The minimum Gasteiger partial charge on any atom is -0.328 e. The minimum absolute atomic E-state index is 0.163. The number of nitrogens with two attached hydrogens (primary N) is 1. The summed E-state index contributed by atoms with van der Waals surface area (Å²) in [6.45, 7) is 8.20. The molecular weight excluding hydrogens is 266 g/mol. The second-order valence-electron chi connectivity index (χ2n) is 5.37. The lowest BCUT2D eigenvalue weighted by Crippen LogP contribution is -2.17. The molecule has 20 heavy (non-hydrogen) atoms. The van der Waals surface area contributed by atoms with Crippen LogP contribution in [-0.4, -0.2) is 16.0 Å². The molecule has 2 aromatic heterocycles. The monoisotopic (exact) mass is 287 g/mol. The van der Waals surface area contributed by atoms with Crippen LogP contribution in [0.4, 0.5) is 0 Å². The van der Waals surface area contributed by atoms with E-state index in [1.807, 2.05) is 20.0 Å². The van der Waals surface area contributed by atoms with E-state index < -0.39 is 0 Å². The van der Waals surface area contributed by atoms with Crippen molar-refractivity contribution >= 4 is 11.8 Å². The Kier molecular flexibility index (Phi) is 4.78. The molecule has 0 aliphatic heterocycles. The Labute approximate surface area is 125 Å². The van der Waals surface area contributed by atoms with Gasteiger partial charge in [-0.3, -0.25) is 0 Å². The predicted octanol–water partition coefficient (Wildman–Crippen LogP) is 3.44. The molecule has 2 N–H and O–H groups in total. The highest BCUT2D eigenvalue weighted by Gasteiger charge is 2.07. The fourth-order valence-electron chi connectivity index (χ4n) is 2.17. The molecule has 0 fully saturated rings. The molecule has 0 aromatic carbocycles. The average Bonchev–Trinajstić information content (AvgIpc) is 2.30. The molecule has 0 saturated carbocycles. The standard InChI is InChI=1S/C16H21N3S/c1-10-5-13(4)19-15(6-10)20-16-11(2)7-14(9-18-16)8-12(3)17/h5-7,9,12H,8,17H2,1-4H3. The third kappa shape index (κ3) is 4.05. The van der Waals surface area contributed by atoms with Gasteiger partial charge in [0.2, 0.25) is 0 Å². The molecule has 2 aromatic rings. The van der Waals surface area contributed by atoms with Crippen molar-refractivity contribution in [3.8, 4) is 0 Å². The van der Waals surface area contributed by atoms with Crippen molar-refractivity contribution < 1.29 is 0 Å². The highest BCUT2D eigenvalue weighted by Crippen LogP contribution is 2.28. The summed E-state index contributed by atoms with van der Waals surface area (Å²) >= 11 is 1.62. The highest BCUT2D eigenvalue weighted by atomic mass is 32.2. The molecule has 0 aliphatic rings. The van der Waals surface area contributed by atoms with E-state index in [1.165, 1.54) is 16.7 Å². The Morgan fingerprint density at radius 2 is 1.95 bits per heavy atom. The van der Waals surface area contributed by atoms with Gasteiger partial charge in [0.05, 0.1) is 0 Å². The number of aromatic nitrogens is 2. The van der Waals surface area contributed by atoms with Crippen molar-refractivity contribution in [3.05, 3.63) is 46.8 Å². The number of rotatable bonds is 4. The topological polar surface area (TPSA) is 51.8 Å². The molecule has 1 unspecified atom stereocenters. The van der Waals surface area contributed by atoms with Gasteiger partial charge >= 0.3 is 0 Å². The first-order valence-corrected chi connectivity index (χ1v) is 7.60. The summed E-state index contributed by atoms with van der Waals surface area (Å²) < 4.78 is 0. The molecule has 4 heteroatoms. The number of hydrogen-bond acceptors (Lipinski definition) is 4. The minimum atomic E-state index is 0.163. The summed E-state index contributed by atoms with van der Waals surface area (Å²) in [4.78, 5) is 9.10. The van der Waals surface area contributed by atoms with Crippen LogP contribution < -0.4 is 5.73 Å². The van der Waals surface area contributed by atoms with Gasteiger partial charge in [0.25, 0.3) is 0 Å². The van der Waals surface area contributed by atoms with E-state index in [0.717, 1.165) is 22.2 Å². The molecule has 0 radical (unpaired) electrons. The van der Waals surface area contributed by atoms with Crippen molar-refractivity contribution in [2.24, 2.45) is 5.73 Å². The highest BCUT2D eigenvalue weighted by molar-refractivity contribution is 7.99. The van der Waals surface area contributed by atoms with Gasteiger partial charge in [0, 0.05) is 17.9 Å². The van der Waals surface area contributed by atoms with E-state index >= 15 is 0 Å². The zero-order chi connectivity index (χ0) is 14.7. The maximum atomic E-state index is 5.83. The molecule has 0 spiro atoms. The Morgan fingerprint density at radius 1 is 1.20 bits per heavy atom. The van der Waals surface area contributed by atoms with E-state index in [-0.39, 0.29) is 6.04 Å². The van der Waals surface area contributed by atoms with Crippen molar-refractivity contribution in [1.29, 1.82) is 0 Å². The summed E-state index contributed by atoms with van der Waals surface area (Å²) in [7, 11) is 0. The number of pyridine rings is 2. The summed E-state index contributed by atoms with van der Waals surface area (Å²) in [5.74, 6) is 0. The van der Waals surface area contributed by atoms with Crippen molar-refractivity contribution in [3.63, 3.8) is 0 Å². The Balaban J connectivity index is 2.21. The van der Waals surface area contributed by atoms with E-state index in [1.54, 1.807) is 11.8 Å². The fraction of sp³-hybridized carbons (Fsp3) is 0.375. The molecule has 2 rings (SSSR count). The first-order valence-electron chi connectivity index (χ1n) is 6.78. The van der Waals surface area contributed by atoms with Gasteiger partial charge in [-0.2, -0.15) is 0 Å². The summed E-state index contributed by atoms with van der Waals surface area (Å²) in [5.41, 5.74) is 10.5. The third-order valence-corrected chi connectivity index (χ3v) is 3.96. The van der Waals surface area contributed by atoms with E-state index in [2.05, 4.69) is 42.0 Å². The van der Waals surface area contributed by atoms with Crippen LogP contribution >= 0.6 is 11.8 Å². The SMILES string of the molecule is Cc1cc(C)nc(Sc2ncc(CC(C)N)cc2C)c1. The molecule has 0 amide bonds. The van der Waals surface area contributed by atoms with Crippen molar-refractivity contribution in [2.45, 2.75) is 50.2 Å². The third-order valence-electron chi connectivity index (χ3n) is 2.92. The van der Waals surface area contributed by atoms with Crippen LogP contribution in [0.2, 0.25) is 0 Å². The van der Waals surface area contributed by atoms with Gasteiger partial charge in [-0.05, 0) is 74.7 Å². The van der Waals surface area contributed by atoms with Gasteiger partial charge in [0.1, 0.15) is 10.1 Å². The average molecular weight is 287 g/mol. The van der Waals surface area contributed by atoms with Gasteiger partial charge in [-0.1, -0.05) is 6.07 Å². The molecule has 2 heterocycles. The van der Waals surface area contributed by atoms with Crippen molar-refractivity contribution in [1.82, 2.24) is 9.97 Å². The number of hydrogen-bond donors (Lipinski definition) is 1. The first kappa shape index (κ1) is 15.0. The van der Waals surface area contributed by atoms with Crippen LogP contribution in [-0.2, 0) is 6.42 Å². The normalized spacial score (nSPS) is 12.4. The Bertz CT molecular complexity index is 588. The molecule has 3 nitrogen and oxygen atoms in total. The number of nitrogens with zero attached hydrogens (tertiary/aromatic N) is 2. The van der Waals surface area contributed by atoms with Crippen LogP contribution in [0, 0.1) is 20.8 Å². The summed E-state index contributed by atoms with van der Waals surface area (Å²) in [6, 6.07) is 6.50. The maximum absolute atomic E-state index is 5.83. The van der Waals surface area contributed by atoms with Gasteiger partial charge in [-0.25, -0.2) is 9.97 Å². The molecular formula is C16H21N3S. The smallest absolute Gasteiger partial charge is 0.105 e. The van der Waals surface area contributed by atoms with Crippen LogP contribution in [0.15, 0.2) is 34.4 Å². The Hall–Kier alpha value is -1.39. The molecule has 0 saturated heterocycles. The number of aryl methyl sites for hydroxylation is 3. The van der Waals surface area contributed by atoms with Gasteiger partial charge < -0.3 is 5.73 Å². The van der Waals surface area contributed by atoms with Crippen molar-refractivity contribution in [2.75, 3.05) is 0 Å². The van der Waals surface area contributed by atoms with E-state index in [0.29, 0.717) is 0 Å². The molecule has 0 aliphatic carbocycles. The first-order chi connectivity index (χ1) is 9.44. The fourth-order valence-corrected chi connectivity index (χ4v) is 3.12. The second kappa shape index (κ2) is 6.37. The predicted molar refractivity (Wildman–Crippen MR) is 84.2 cm³/mol. The summed E-state index contributed by atoms with van der Waals surface area (Å²) in [5, 5.41) is 2.01. The van der Waals surface area contributed by atoms with Crippen LogP contribution in [0.1, 0.15) is 29.3 Å². The van der Waals surface area contributed by atoms with E-state index in [4.69, 9.17) is 5.73 Å². The second-order valence-corrected chi connectivity index (χ2v) is 6.38. The zero-order valence-corrected chi connectivity index (χ0v) is 13.3. The molecule has 1 atom stereocenters. The quantitative estimate of drug-likeness (QED) is 0.936. The van der Waals surface area contributed by atoms with Crippen LogP contribution in [0.25, 0.3) is 0 Å². The largest absolute Gasteiger partial charge is 0.328 e.